The van der Waals surface area contributed by atoms with Crippen molar-refractivity contribution in [3.05, 3.63) is 92.6 Å². The summed E-state index contributed by atoms with van der Waals surface area (Å²) in [7, 11) is 6.28. The van der Waals surface area contributed by atoms with Gasteiger partial charge in [0, 0.05) is 44.4 Å². The Labute approximate surface area is 232 Å². The number of benzene rings is 3. The molecule has 3 aromatic carbocycles. The van der Waals surface area contributed by atoms with Gasteiger partial charge in [0.05, 0.1) is 19.6 Å². The van der Waals surface area contributed by atoms with E-state index in [1.165, 1.54) is 17.0 Å². The first-order chi connectivity index (χ1) is 19.4. The number of aryl methyl sites for hydroxylation is 1. The molecule has 40 heavy (non-hydrogen) atoms. The van der Waals surface area contributed by atoms with Gasteiger partial charge in [-0.15, -0.1) is 0 Å². The van der Waals surface area contributed by atoms with E-state index in [0.717, 1.165) is 26.6 Å². The zero-order valence-corrected chi connectivity index (χ0v) is 23.4. The molecule has 0 saturated carbocycles. The lowest BCUT2D eigenvalue weighted by molar-refractivity contribution is 0.394. The lowest BCUT2D eigenvalue weighted by atomic mass is 9.96. The van der Waals surface area contributed by atoms with Gasteiger partial charge >= 0.3 is 5.69 Å². The Morgan fingerprint density at radius 3 is 2.23 bits per heavy atom. The van der Waals surface area contributed by atoms with Gasteiger partial charge < -0.3 is 20.1 Å². The molecule has 0 aliphatic carbocycles. The molecule has 0 bridgehead atoms. The third kappa shape index (κ3) is 4.91. The summed E-state index contributed by atoms with van der Waals surface area (Å²) in [6.07, 6.45) is 0. The van der Waals surface area contributed by atoms with Crippen LogP contribution >= 0.6 is 0 Å². The second kappa shape index (κ2) is 11.2. The second-order valence-electron chi connectivity index (χ2n) is 9.64. The average molecular weight is 540 g/mol. The van der Waals surface area contributed by atoms with E-state index in [0.29, 0.717) is 53.5 Å². The molecule has 9 heteroatoms. The second-order valence-corrected chi connectivity index (χ2v) is 9.64. The number of hydrogen-bond acceptors (Lipinski definition) is 7. The van der Waals surface area contributed by atoms with Crippen LogP contribution in [0.3, 0.4) is 0 Å². The van der Waals surface area contributed by atoms with Gasteiger partial charge in [-0.1, -0.05) is 43.3 Å². The summed E-state index contributed by atoms with van der Waals surface area (Å²) in [6, 6.07) is 20.1. The summed E-state index contributed by atoms with van der Waals surface area (Å²) in [5.74, 6) is 1.75. The number of methoxy groups -OCH3 is 2. The van der Waals surface area contributed by atoms with Crippen LogP contribution in [0.4, 0.5) is 5.82 Å². The topological polar surface area (TPSA) is 99.4 Å². The van der Waals surface area contributed by atoms with E-state index in [9.17, 15) is 9.59 Å². The maximum atomic E-state index is 13.7. The van der Waals surface area contributed by atoms with Crippen LogP contribution in [0.1, 0.15) is 18.1 Å². The Hall–Kier alpha value is -4.63. The molecular formula is C31H33N5O4. The number of nitrogens with one attached hydrogen (secondary N) is 2. The number of fused-ring (bicyclic) bond motifs is 2. The fraction of sp³-hybridized carbons (Fsp3) is 0.258. The number of ether oxygens (including phenoxy) is 2. The molecule has 5 aromatic rings. The SMILES string of the molecule is CCNCc1c(NCc2ccc3ccccc3c2)nc2c(c1-c1cc(OC)cc(OC)c1)c(=O)n(C)c(=O)n2C. The molecular weight excluding hydrogens is 506 g/mol. The molecule has 2 heterocycles. The highest BCUT2D eigenvalue weighted by molar-refractivity contribution is 5.97. The average Bonchev–Trinajstić information content (AvgIpc) is 2.99. The molecule has 206 valence electrons. The first-order valence-electron chi connectivity index (χ1n) is 13.1. The van der Waals surface area contributed by atoms with Crippen molar-refractivity contribution in [2.45, 2.75) is 20.0 Å². The van der Waals surface area contributed by atoms with Crippen LogP contribution in [0.15, 0.2) is 70.3 Å². The van der Waals surface area contributed by atoms with Gasteiger partial charge in [-0.25, -0.2) is 9.78 Å². The third-order valence-corrected chi connectivity index (χ3v) is 7.15. The van der Waals surface area contributed by atoms with Gasteiger partial charge in [-0.3, -0.25) is 13.9 Å². The Balaban J connectivity index is 1.77. The number of nitrogens with zero attached hydrogens (tertiary/aromatic N) is 3. The maximum Gasteiger partial charge on any atom is 0.332 e. The molecule has 0 unspecified atom stereocenters. The van der Waals surface area contributed by atoms with Crippen molar-refractivity contribution in [2.24, 2.45) is 14.1 Å². The molecule has 0 saturated heterocycles. The van der Waals surface area contributed by atoms with Crippen LogP contribution < -0.4 is 31.4 Å². The molecule has 0 spiro atoms. The molecule has 9 nitrogen and oxygen atoms in total. The Bertz CT molecular complexity index is 1820. The van der Waals surface area contributed by atoms with Crippen molar-refractivity contribution in [1.82, 2.24) is 19.4 Å². The number of rotatable bonds is 9. The fourth-order valence-electron chi connectivity index (χ4n) is 5.00. The molecule has 0 atom stereocenters. The monoisotopic (exact) mass is 539 g/mol. The van der Waals surface area contributed by atoms with Crippen molar-refractivity contribution in [3.8, 4) is 22.6 Å². The van der Waals surface area contributed by atoms with E-state index >= 15 is 0 Å². The van der Waals surface area contributed by atoms with Crippen LogP contribution in [0.5, 0.6) is 11.5 Å². The lowest BCUT2D eigenvalue weighted by Gasteiger charge is -2.21. The first-order valence-corrected chi connectivity index (χ1v) is 13.1. The Morgan fingerprint density at radius 2 is 1.55 bits per heavy atom. The van der Waals surface area contributed by atoms with E-state index in [-0.39, 0.29) is 0 Å². The summed E-state index contributed by atoms with van der Waals surface area (Å²) < 4.78 is 13.6. The molecule has 5 rings (SSSR count). The van der Waals surface area contributed by atoms with Crippen molar-refractivity contribution in [1.29, 1.82) is 0 Å². The minimum atomic E-state index is -0.445. The van der Waals surface area contributed by atoms with Crippen LogP contribution in [0.25, 0.3) is 32.9 Å². The highest BCUT2D eigenvalue weighted by atomic mass is 16.5. The lowest BCUT2D eigenvalue weighted by Crippen LogP contribution is -2.38. The minimum absolute atomic E-state index is 0.297. The van der Waals surface area contributed by atoms with Gasteiger partial charge in [0.2, 0.25) is 0 Å². The van der Waals surface area contributed by atoms with Gasteiger partial charge in [-0.2, -0.15) is 0 Å². The van der Waals surface area contributed by atoms with Crippen molar-refractivity contribution >= 4 is 27.6 Å². The van der Waals surface area contributed by atoms with Gasteiger partial charge in [0.25, 0.3) is 5.56 Å². The van der Waals surface area contributed by atoms with Gasteiger partial charge in [-0.05, 0) is 46.6 Å². The standard InChI is InChI=1S/C31H33N5O4/c1-6-32-18-25-26(22-14-23(39-4)16-24(15-22)40-5)27-29(35(2)31(38)36(3)30(27)37)34-28(25)33-17-19-11-12-20-9-7-8-10-21(20)13-19/h7-16,32H,6,17-18H2,1-5H3,(H,33,34). The number of pyridine rings is 1. The molecule has 0 radical (unpaired) electrons. The smallest absolute Gasteiger partial charge is 0.332 e. The zero-order chi connectivity index (χ0) is 28.4. The normalized spacial score (nSPS) is 11.2. The number of hydrogen-bond donors (Lipinski definition) is 2. The summed E-state index contributed by atoms with van der Waals surface area (Å²) in [5.41, 5.74) is 2.71. The molecule has 0 aliphatic rings. The number of anilines is 1. The van der Waals surface area contributed by atoms with Gasteiger partial charge in [0.15, 0.2) is 5.65 Å². The maximum absolute atomic E-state index is 13.7. The van der Waals surface area contributed by atoms with E-state index in [1.54, 1.807) is 27.3 Å². The van der Waals surface area contributed by atoms with E-state index < -0.39 is 11.2 Å². The predicted octanol–water partition coefficient (Wildman–Crippen LogP) is 4.19. The van der Waals surface area contributed by atoms with E-state index in [2.05, 4.69) is 41.0 Å². The van der Waals surface area contributed by atoms with Gasteiger partial charge in [0.1, 0.15) is 17.3 Å². The van der Waals surface area contributed by atoms with E-state index in [4.69, 9.17) is 14.5 Å². The van der Waals surface area contributed by atoms with Crippen LogP contribution in [0.2, 0.25) is 0 Å². The molecule has 2 aromatic heterocycles. The van der Waals surface area contributed by atoms with Crippen molar-refractivity contribution < 1.29 is 9.47 Å². The zero-order valence-electron chi connectivity index (χ0n) is 23.4. The highest BCUT2D eigenvalue weighted by Crippen LogP contribution is 2.37. The summed E-state index contributed by atoms with van der Waals surface area (Å²) >= 11 is 0. The minimum Gasteiger partial charge on any atom is -0.497 e. The van der Waals surface area contributed by atoms with Crippen LogP contribution in [0, 0.1) is 0 Å². The molecule has 0 fully saturated rings. The third-order valence-electron chi connectivity index (χ3n) is 7.15. The largest absolute Gasteiger partial charge is 0.497 e. The first kappa shape index (κ1) is 27.0. The summed E-state index contributed by atoms with van der Waals surface area (Å²) in [4.78, 5) is 31.5. The van der Waals surface area contributed by atoms with Crippen molar-refractivity contribution in [3.63, 3.8) is 0 Å². The highest BCUT2D eigenvalue weighted by Gasteiger charge is 2.23. The summed E-state index contributed by atoms with van der Waals surface area (Å²) in [5, 5.41) is 9.57. The summed E-state index contributed by atoms with van der Waals surface area (Å²) in [6.45, 7) is 3.68. The predicted molar refractivity (Wildman–Crippen MR) is 159 cm³/mol. The quantitative estimate of drug-likeness (QED) is 0.290. The number of aromatic nitrogens is 3. The Morgan fingerprint density at radius 1 is 0.850 bits per heavy atom. The molecule has 2 N–H and O–H groups in total. The molecule has 0 aliphatic heterocycles. The Kier molecular flexibility index (Phi) is 7.57. The van der Waals surface area contributed by atoms with Crippen LogP contribution in [-0.2, 0) is 27.2 Å². The van der Waals surface area contributed by atoms with E-state index in [1.807, 2.05) is 31.2 Å². The van der Waals surface area contributed by atoms with Crippen LogP contribution in [-0.4, -0.2) is 34.9 Å². The fourth-order valence-corrected chi connectivity index (χ4v) is 5.00. The molecule has 0 amide bonds. The van der Waals surface area contributed by atoms with Crippen molar-refractivity contribution in [2.75, 3.05) is 26.1 Å².